The number of ketones is 1. The van der Waals surface area contributed by atoms with E-state index in [2.05, 4.69) is 25.2 Å². The van der Waals surface area contributed by atoms with Crippen molar-refractivity contribution in [1.82, 2.24) is 10.5 Å². The average molecular weight is 1320 g/mol. The van der Waals surface area contributed by atoms with Crippen LogP contribution in [0.3, 0.4) is 0 Å². The summed E-state index contributed by atoms with van der Waals surface area (Å²) in [6, 6.07) is -1.05. The van der Waals surface area contributed by atoms with Crippen LogP contribution in [0.1, 0.15) is 147 Å². The van der Waals surface area contributed by atoms with E-state index in [1.54, 1.807) is 33.8 Å². The SMILES string of the molecule is COC(=O)N[C@H]1[C@@H](C)O[C@H](O[C@H]2C/C=C(\C)[C@@H]3C=C[C@@H]4[C@@H](O[C@@H]5C[C@@H](O[C@@H]6CC[C@@H](O[C@@H]7C[C@H](O)[C@@H](O[C@@H]8CC[C@@H](O)[C@H](C)O8)[C@H](C)O7)[C@H](C)O6)[C@@H](OC(C)=O)[C@H](C)O5)[C@@H](C)C[C@@H](C)[C@H]4[C@]3(C)C(O)=C3C(=O)O[C@]4(CC(CO)=C[C@H](O)[C@H]4/C=C/2C)C3=O)C[C@@]1(C)N([O-])O. The van der Waals surface area contributed by atoms with Crippen molar-refractivity contribution in [2.75, 3.05) is 13.7 Å². The Morgan fingerprint density at radius 2 is 1.35 bits per heavy atom. The number of nitrogens with zero attached hydrogens (tertiary/aromatic N) is 1. The quantitative estimate of drug-likeness (QED) is 0.0341. The van der Waals surface area contributed by atoms with Gasteiger partial charge >= 0.3 is 18.0 Å². The maximum absolute atomic E-state index is 15.6. The van der Waals surface area contributed by atoms with Crippen LogP contribution in [-0.2, 0) is 76.0 Å². The number of carbonyl (C=O) groups excluding carboxylic acids is 4. The molecule has 93 heavy (non-hydrogen) atoms. The molecule has 6 heterocycles. The minimum absolute atomic E-state index is 0.115. The second-order valence-electron chi connectivity index (χ2n) is 28.4. The van der Waals surface area contributed by atoms with Crippen LogP contribution >= 0.6 is 0 Å². The van der Waals surface area contributed by atoms with E-state index < -0.39 is 205 Å². The predicted octanol–water partition coefficient (Wildman–Crippen LogP) is 6.07. The molecule has 2 bridgehead atoms. The number of rotatable bonds is 14. The largest absolute Gasteiger partial charge is 0.762 e. The lowest BCUT2D eigenvalue weighted by Gasteiger charge is -2.56. The molecule has 26 heteroatoms. The van der Waals surface area contributed by atoms with Crippen LogP contribution in [0.5, 0.6) is 0 Å². The van der Waals surface area contributed by atoms with Crippen molar-refractivity contribution in [3.63, 3.8) is 0 Å². The standard InChI is InChI=1S/C67H99N2O24/c1-30-14-18-47(88-54-28-65(11,69(79)80)60(38(9)86-54)68-64(78)81-13)31(2)23-43-45(73)24-40(29-70)27-67(43)62(76)55(63(77)93-67)61(75)66(12)42(30)16-15-41-56(66)32(3)22-33(4)57(41)92-53-26-49(59(37(8)85-53)87-39(10)71)90-50-21-19-48(35(6)83-50)89-52-25-46(74)58(36(7)84-52)91-51-20-17-44(72)34(5)82-51/h14-16,23-24,32-38,41-54,56-60,70,72-75,79H,17-22,25-29H2,1-13H3,(H,68,78)/q-1/b30-14+,31-23+,61-55?/t32-,33+,34+,35+,36+,37+,38-,41+,42+,43-,44-,45+,46+,47+,48-,49-,50-,51-,52-,53-,54-,56-,57+,58+,59+,60+,65-,66-,67+/m1/s1. The summed E-state index contributed by atoms with van der Waals surface area (Å²) in [4.78, 5) is 55.6. The lowest BCUT2D eigenvalue weighted by Crippen LogP contribution is -2.67. The molecule has 6 saturated heterocycles. The molecule has 7 fully saturated rings. The molecule has 0 aromatic carbocycles. The van der Waals surface area contributed by atoms with Gasteiger partial charge in [-0.05, 0) is 110 Å². The predicted molar refractivity (Wildman–Crippen MR) is 326 cm³/mol. The van der Waals surface area contributed by atoms with Gasteiger partial charge in [0.2, 0.25) is 5.78 Å². The number of aliphatic hydroxyl groups excluding tert-OH is 5. The van der Waals surface area contributed by atoms with E-state index in [9.17, 15) is 50.3 Å². The van der Waals surface area contributed by atoms with Gasteiger partial charge in [0.15, 0.2) is 43.2 Å². The Balaban J connectivity index is 0.903. The number of fused-ring (bicyclic) bond motifs is 4. The maximum Gasteiger partial charge on any atom is 0.407 e. The Hall–Kier alpha value is -4.30. The smallest absolute Gasteiger partial charge is 0.407 e. The highest BCUT2D eigenvalue weighted by Gasteiger charge is 2.65. The number of alkyl carbamates (subject to hydrolysis) is 1. The number of esters is 2. The Bertz CT molecular complexity index is 2870. The van der Waals surface area contributed by atoms with Gasteiger partial charge in [-0.25, -0.2) is 9.59 Å². The first-order valence-electron chi connectivity index (χ1n) is 33.2. The molecule has 10 rings (SSSR count). The van der Waals surface area contributed by atoms with Gasteiger partial charge in [0.1, 0.15) is 23.5 Å². The lowest BCUT2D eigenvalue weighted by atomic mass is 9.49. The third-order valence-electron chi connectivity index (χ3n) is 21.8. The van der Waals surface area contributed by atoms with Crippen molar-refractivity contribution >= 4 is 23.8 Å². The van der Waals surface area contributed by atoms with E-state index in [4.69, 9.17) is 61.6 Å². The molecule has 1 spiro atoms. The maximum atomic E-state index is 15.6. The van der Waals surface area contributed by atoms with Crippen LogP contribution < -0.4 is 5.32 Å². The fourth-order valence-electron chi connectivity index (χ4n) is 17.0. The Morgan fingerprint density at radius 1 is 0.720 bits per heavy atom. The van der Waals surface area contributed by atoms with Crippen molar-refractivity contribution in [2.45, 2.75) is 281 Å². The van der Waals surface area contributed by atoms with Gasteiger partial charge in [0.25, 0.3) is 0 Å². The Morgan fingerprint density at radius 3 is 2.01 bits per heavy atom. The molecule has 1 saturated carbocycles. The molecule has 7 N–H and O–H groups in total. The minimum atomic E-state index is -2.12. The summed E-state index contributed by atoms with van der Waals surface area (Å²) >= 11 is 0. The first-order chi connectivity index (χ1) is 43.9. The van der Waals surface area contributed by atoms with E-state index in [1.165, 1.54) is 27.0 Å². The van der Waals surface area contributed by atoms with E-state index in [0.29, 0.717) is 37.7 Å². The molecule has 0 unspecified atom stereocenters. The van der Waals surface area contributed by atoms with Crippen molar-refractivity contribution in [3.05, 3.63) is 63.6 Å². The Kier molecular flexibility index (Phi) is 22.0. The van der Waals surface area contributed by atoms with Crippen LogP contribution in [0.15, 0.2) is 58.4 Å². The average Bonchev–Trinajstić information content (AvgIpc) is 1.68. The van der Waals surface area contributed by atoms with Crippen LogP contribution in [-0.4, -0.2) is 208 Å². The molecule has 10 aliphatic rings. The van der Waals surface area contributed by atoms with E-state index in [-0.39, 0.29) is 54.7 Å². The molecular weight excluding hydrogens is 1220 g/mol. The fourth-order valence-corrected chi connectivity index (χ4v) is 17.0. The van der Waals surface area contributed by atoms with Gasteiger partial charge in [-0.2, -0.15) is 0 Å². The van der Waals surface area contributed by atoms with Crippen LogP contribution in [0, 0.1) is 46.1 Å². The van der Waals surface area contributed by atoms with Gasteiger partial charge in [0.05, 0.1) is 98.4 Å². The van der Waals surface area contributed by atoms with Crippen LogP contribution in [0.2, 0.25) is 0 Å². The van der Waals surface area contributed by atoms with Crippen molar-refractivity contribution in [1.29, 1.82) is 0 Å². The molecule has 522 valence electrons. The van der Waals surface area contributed by atoms with Crippen molar-refractivity contribution in [3.8, 4) is 0 Å². The topological polar surface area (TPSA) is 348 Å². The molecule has 0 radical (unpaired) electrons. The summed E-state index contributed by atoms with van der Waals surface area (Å²) in [6.45, 7) is 20.7. The van der Waals surface area contributed by atoms with Crippen LogP contribution in [0.4, 0.5) is 4.79 Å². The Labute approximate surface area is 543 Å². The number of hydrogen-bond donors (Lipinski definition) is 7. The molecule has 26 nitrogen and oxygen atoms in total. The summed E-state index contributed by atoms with van der Waals surface area (Å²) in [5.74, 6) is -6.18. The minimum Gasteiger partial charge on any atom is -0.762 e. The third-order valence-corrected chi connectivity index (χ3v) is 21.8. The van der Waals surface area contributed by atoms with Crippen molar-refractivity contribution in [2.24, 2.45) is 40.9 Å². The molecule has 4 aliphatic carbocycles. The number of carbonyl (C=O) groups is 4. The second-order valence-corrected chi connectivity index (χ2v) is 28.4. The molecule has 0 aromatic heterocycles. The number of ether oxygens (including phenoxy) is 13. The van der Waals surface area contributed by atoms with Crippen molar-refractivity contribution < 1.29 is 111 Å². The van der Waals surface area contributed by atoms with Gasteiger partial charge < -0.3 is 103 Å². The summed E-state index contributed by atoms with van der Waals surface area (Å²) in [5.41, 5.74) is -4.34. The van der Waals surface area contributed by atoms with Crippen LogP contribution in [0.25, 0.3) is 0 Å². The highest BCUT2D eigenvalue weighted by Crippen LogP contribution is 2.61. The third kappa shape index (κ3) is 14.2. The zero-order chi connectivity index (χ0) is 67.5. The van der Waals surface area contributed by atoms with E-state index in [1.807, 2.05) is 39.8 Å². The van der Waals surface area contributed by atoms with Gasteiger partial charge in [-0.1, -0.05) is 56.7 Å². The highest BCUT2D eigenvalue weighted by atomic mass is 16.8. The zero-order valence-corrected chi connectivity index (χ0v) is 55.7. The molecule has 1 amide bonds. The normalized spacial score (nSPS) is 47.5. The summed E-state index contributed by atoms with van der Waals surface area (Å²) in [6.07, 6.45) is -3.83. The summed E-state index contributed by atoms with van der Waals surface area (Å²) < 4.78 is 81.7. The number of aliphatic hydroxyl groups is 5. The number of hydroxylamine groups is 2. The number of amides is 1. The molecule has 6 aliphatic heterocycles. The lowest BCUT2D eigenvalue weighted by molar-refractivity contribution is -0.331. The summed E-state index contributed by atoms with van der Waals surface area (Å²) in [7, 11) is 1.17. The summed E-state index contributed by atoms with van der Waals surface area (Å²) in [5, 5.41) is 83.1. The number of hydrogen-bond acceptors (Lipinski definition) is 25. The van der Waals surface area contributed by atoms with E-state index >= 15 is 4.79 Å². The first kappa shape index (κ1) is 71.5. The highest BCUT2D eigenvalue weighted by molar-refractivity contribution is 6.26. The number of allylic oxidation sites excluding steroid dienone is 3. The van der Waals surface area contributed by atoms with Gasteiger partial charge in [-0.3, -0.25) is 14.8 Å². The number of methoxy groups -OCH3 is 1. The first-order valence-corrected chi connectivity index (χ1v) is 33.2. The molecule has 29 atom stereocenters. The molecular formula is C67H99N2O24-. The number of Topliss-reactive ketones (excluding diaryl/α,β-unsaturated/α-hetero) is 1. The van der Waals surface area contributed by atoms with Gasteiger partial charge in [0, 0.05) is 62.7 Å². The van der Waals surface area contributed by atoms with Gasteiger partial charge in [-0.15, -0.1) is 0 Å². The fraction of sp³-hybridized carbons (Fsp3) is 0.791. The second kappa shape index (κ2) is 28.6. The number of nitrogens with one attached hydrogen (secondary N) is 1. The molecule has 0 aromatic rings. The zero-order valence-electron chi connectivity index (χ0n) is 55.7. The van der Waals surface area contributed by atoms with E-state index in [0.717, 1.165) is 5.57 Å². The monoisotopic (exact) mass is 1320 g/mol.